The van der Waals surface area contributed by atoms with E-state index in [9.17, 15) is 40.1 Å². The van der Waals surface area contributed by atoms with Gasteiger partial charge in [0.2, 0.25) is 0 Å². The van der Waals surface area contributed by atoms with Gasteiger partial charge in [-0.15, -0.1) is 0 Å². The Bertz CT molecular complexity index is 1450. The van der Waals surface area contributed by atoms with E-state index >= 15 is 0 Å². The molecule has 0 aliphatic carbocycles. The van der Waals surface area contributed by atoms with Crippen molar-refractivity contribution < 1.29 is 40.1 Å². The highest BCUT2D eigenvalue weighted by Crippen LogP contribution is 2.31. The van der Waals surface area contributed by atoms with E-state index in [1.165, 1.54) is 60.7 Å². The number of halogens is 6. The lowest BCUT2D eigenvalue weighted by Gasteiger charge is -2.10. The van der Waals surface area contributed by atoms with Gasteiger partial charge in [0, 0.05) is 32.3 Å². The number of hydrogen-bond donors (Lipinski definition) is 2. The molecule has 0 atom stereocenters. The molecule has 0 saturated carbocycles. The summed E-state index contributed by atoms with van der Waals surface area (Å²) in [6.45, 7) is 0. The van der Waals surface area contributed by atoms with E-state index in [2.05, 4.69) is 10.6 Å². The fourth-order valence-electron chi connectivity index (χ4n) is 3.54. The van der Waals surface area contributed by atoms with Crippen LogP contribution in [0, 0.1) is 0 Å². The van der Waals surface area contributed by atoms with Crippen molar-refractivity contribution >= 4 is 34.0 Å². The van der Waals surface area contributed by atoms with Crippen molar-refractivity contribution in [1.29, 1.82) is 0 Å². The van der Waals surface area contributed by atoms with Gasteiger partial charge in [0.05, 0.1) is 21.9 Å². The van der Waals surface area contributed by atoms with Crippen molar-refractivity contribution in [2.24, 2.45) is 0 Å². The van der Waals surface area contributed by atoms with Gasteiger partial charge in [0.1, 0.15) is 0 Å². The first-order valence-corrected chi connectivity index (χ1v) is 12.6. The number of alkyl halides is 6. The molecule has 0 spiro atoms. The highest BCUT2D eigenvalue weighted by atomic mass is 32.2. The molecule has 0 bridgehead atoms. The number of benzene rings is 4. The summed E-state index contributed by atoms with van der Waals surface area (Å²) >= 11 is 0. The summed E-state index contributed by atoms with van der Waals surface area (Å²) in [5.74, 6) is -1.49. The molecule has 0 fully saturated rings. The highest BCUT2D eigenvalue weighted by molar-refractivity contribution is 7.85. The molecule has 206 valence electrons. The fraction of sp³-hybridized carbons (Fsp3) is 0.0714. The molecule has 2 amide bonds. The van der Waals surface area contributed by atoms with Crippen LogP contribution in [0.5, 0.6) is 0 Å². The third kappa shape index (κ3) is 6.94. The lowest BCUT2D eigenvalue weighted by molar-refractivity contribution is -0.138. The third-order valence-corrected chi connectivity index (χ3v) is 6.96. The monoisotopic (exact) mass is 576 g/mol. The van der Waals surface area contributed by atoms with Crippen molar-refractivity contribution in [2.75, 3.05) is 10.6 Å². The molecule has 4 rings (SSSR count). The Morgan fingerprint density at radius 1 is 0.550 bits per heavy atom. The van der Waals surface area contributed by atoms with E-state index in [-0.39, 0.29) is 22.5 Å². The largest absolute Gasteiger partial charge is 0.416 e. The summed E-state index contributed by atoms with van der Waals surface area (Å²) in [6.07, 6.45) is -9.18. The molecular weight excluding hydrogens is 558 g/mol. The minimum atomic E-state index is -4.59. The normalized spacial score (nSPS) is 11.8. The van der Waals surface area contributed by atoms with Crippen LogP contribution in [0.3, 0.4) is 0 Å². The molecule has 0 aliphatic rings. The van der Waals surface area contributed by atoms with Gasteiger partial charge >= 0.3 is 12.4 Å². The van der Waals surface area contributed by atoms with Gasteiger partial charge in [-0.2, -0.15) is 26.3 Å². The minimum Gasteiger partial charge on any atom is -0.322 e. The van der Waals surface area contributed by atoms with Crippen LogP contribution < -0.4 is 10.6 Å². The van der Waals surface area contributed by atoms with Crippen LogP contribution in [-0.2, 0) is 23.2 Å². The van der Waals surface area contributed by atoms with Crippen molar-refractivity contribution in [3.05, 3.63) is 119 Å². The van der Waals surface area contributed by atoms with E-state index in [4.69, 9.17) is 0 Å². The van der Waals surface area contributed by atoms with E-state index in [1.807, 2.05) is 0 Å². The standard InChI is InChI=1S/C28H18F6N2O3S/c29-27(30,31)19-5-1-3-17(15-19)25(37)35-21-7-11-23(12-8-21)40(39)24-13-9-22(10-14-24)36-26(38)18-4-2-6-20(16-18)28(32,33)34/h1-16H,(H,35,37)(H,36,38). The van der Waals surface area contributed by atoms with Crippen LogP contribution in [0.15, 0.2) is 107 Å². The molecule has 5 nitrogen and oxygen atoms in total. The van der Waals surface area contributed by atoms with Crippen LogP contribution in [0.1, 0.15) is 31.8 Å². The summed E-state index contributed by atoms with van der Waals surface area (Å²) in [5.41, 5.74) is -1.71. The van der Waals surface area contributed by atoms with Gasteiger partial charge in [-0.25, -0.2) is 4.21 Å². The van der Waals surface area contributed by atoms with Crippen molar-refractivity contribution in [1.82, 2.24) is 0 Å². The molecule has 12 heteroatoms. The molecule has 4 aromatic carbocycles. The van der Waals surface area contributed by atoms with Crippen LogP contribution in [-0.4, -0.2) is 16.0 Å². The first-order chi connectivity index (χ1) is 18.8. The molecule has 0 aromatic heterocycles. The average Bonchev–Trinajstić information content (AvgIpc) is 2.92. The average molecular weight is 577 g/mol. The summed E-state index contributed by atoms with van der Waals surface area (Å²) in [6, 6.07) is 19.6. The Balaban J connectivity index is 1.39. The predicted molar refractivity (Wildman–Crippen MR) is 136 cm³/mol. The number of carbonyl (C=O) groups excluding carboxylic acids is 2. The maximum Gasteiger partial charge on any atom is 0.416 e. The quantitative estimate of drug-likeness (QED) is 0.235. The molecule has 4 aromatic rings. The van der Waals surface area contributed by atoms with Gasteiger partial charge in [-0.1, -0.05) is 12.1 Å². The second-order valence-corrected chi connectivity index (χ2v) is 9.86. The fourth-order valence-corrected chi connectivity index (χ4v) is 4.58. The van der Waals surface area contributed by atoms with Gasteiger partial charge in [0.15, 0.2) is 0 Å². The van der Waals surface area contributed by atoms with E-state index in [1.54, 1.807) is 0 Å². The maximum absolute atomic E-state index is 12.9. The summed E-state index contributed by atoms with van der Waals surface area (Å²) in [7, 11) is -1.66. The zero-order chi connectivity index (χ0) is 29.1. The lowest BCUT2D eigenvalue weighted by atomic mass is 10.1. The van der Waals surface area contributed by atoms with Gasteiger partial charge in [-0.05, 0) is 84.9 Å². The van der Waals surface area contributed by atoms with Gasteiger partial charge in [-0.3, -0.25) is 9.59 Å². The zero-order valence-corrected chi connectivity index (χ0v) is 21.0. The Labute approximate surface area is 226 Å². The predicted octanol–water partition coefficient (Wildman–Crippen LogP) is 7.40. The second kappa shape index (κ2) is 11.3. The Kier molecular flexibility index (Phi) is 8.10. The van der Waals surface area contributed by atoms with Crippen molar-refractivity contribution in [3.8, 4) is 0 Å². The van der Waals surface area contributed by atoms with Crippen LogP contribution >= 0.6 is 0 Å². The smallest absolute Gasteiger partial charge is 0.322 e. The molecule has 0 heterocycles. The molecule has 0 unspecified atom stereocenters. The van der Waals surface area contributed by atoms with E-state index < -0.39 is 46.1 Å². The van der Waals surface area contributed by atoms with Crippen LogP contribution in [0.2, 0.25) is 0 Å². The summed E-state index contributed by atoms with van der Waals surface area (Å²) in [5, 5.41) is 4.97. The number of hydrogen-bond acceptors (Lipinski definition) is 3. The number of carbonyl (C=O) groups is 2. The number of rotatable bonds is 6. The Morgan fingerprint density at radius 2 is 0.900 bits per heavy atom. The first kappa shape index (κ1) is 28.6. The molecule has 0 aliphatic heterocycles. The first-order valence-electron chi connectivity index (χ1n) is 11.4. The summed E-state index contributed by atoms with van der Waals surface area (Å²) in [4.78, 5) is 25.5. The van der Waals surface area contributed by atoms with Crippen LogP contribution in [0.25, 0.3) is 0 Å². The zero-order valence-electron chi connectivity index (χ0n) is 20.1. The topological polar surface area (TPSA) is 75.3 Å². The SMILES string of the molecule is O=C(Nc1ccc(S(=O)c2ccc(NC(=O)c3cccc(C(F)(F)F)c3)cc2)cc1)c1cccc(C(F)(F)F)c1. The number of nitrogens with one attached hydrogen (secondary N) is 2. The molecule has 2 N–H and O–H groups in total. The second-order valence-electron chi connectivity index (χ2n) is 8.38. The minimum absolute atomic E-state index is 0.178. The molecule has 40 heavy (non-hydrogen) atoms. The third-order valence-electron chi connectivity index (χ3n) is 5.56. The number of amides is 2. The number of anilines is 2. The van der Waals surface area contributed by atoms with E-state index in [0.717, 1.165) is 36.4 Å². The van der Waals surface area contributed by atoms with E-state index in [0.29, 0.717) is 9.79 Å². The van der Waals surface area contributed by atoms with Gasteiger partial charge < -0.3 is 10.6 Å². The van der Waals surface area contributed by atoms with Crippen LogP contribution in [0.4, 0.5) is 37.7 Å². The Morgan fingerprint density at radius 3 is 1.23 bits per heavy atom. The highest BCUT2D eigenvalue weighted by Gasteiger charge is 2.31. The lowest BCUT2D eigenvalue weighted by Crippen LogP contribution is -2.14. The molecular formula is C28H18F6N2O3S. The van der Waals surface area contributed by atoms with Gasteiger partial charge in [0.25, 0.3) is 11.8 Å². The summed E-state index contributed by atoms with van der Waals surface area (Å²) < 4.78 is 90.4. The van der Waals surface area contributed by atoms with Crippen molar-refractivity contribution in [3.63, 3.8) is 0 Å². The molecule has 0 radical (unpaired) electrons. The molecule has 0 saturated heterocycles. The maximum atomic E-state index is 12.9. The Hall–Kier alpha value is -4.45. The van der Waals surface area contributed by atoms with Crippen molar-refractivity contribution in [2.45, 2.75) is 22.1 Å².